The van der Waals surface area contributed by atoms with E-state index in [1.165, 1.54) is 31.2 Å². The molecular weight excluding hydrogens is 386 g/mol. The van der Waals surface area contributed by atoms with Gasteiger partial charge in [0.15, 0.2) is 5.69 Å². The maximum atomic E-state index is 12.8. The van der Waals surface area contributed by atoms with Gasteiger partial charge >= 0.3 is 0 Å². The Morgan fingerprint density at radius 3 is 2.48 bits per heavy atom. The van der Waals surface area contributed by atoms with Crippen molar-refractivity contribution < 1.29 is 4.79 Å². The van der Waals surface area contributed by atoms with E-state index in [-0.39, 0.29) is 23.7 Å². The fraction of sp³-hybridized carbons (Fsp3) is 0.591. The minimum absolute atomic E-state index is 0. The monoisotopic (exact) mass is 417 g/mol. The number of rotatable bonds is 5. The molecule has 158 valence electrons. The zero-order valence-corrected chi connectivity index (χ0v) is 17.8. The number of carbonyl (C=O) groups is 1. The van der Waals surface area contributed by atoms with Gasteiger partial charge in [0.2, 0.25) is 0 Å². The van der Waals surface area contributed by atoms with Crippen molar-refractivity contribution >= 4 is 18.3 Å². The van der Waals surface area contributed by atoms with Gasteiger partial charge in [0.05, 0.1) is 12.2 Å². The number of benzene rings is 1. The Kier molecular flexibility index (Phi) is 7.67. The zero-order chi connectivity index (χ0) is 19.2. The lowest BCUT2D eigenvalue weighted by Gasteiger charge is -2.33. The molecule has 2 fully saturated rings. The maximum absolute atomic E-state index is 12.8. The highest BCUT2D eigenvalue weighted by Crippen LogP contribution is 2.37. The lowest BCUT2D eigenvalue weighted by Crippen LogP contribution is -2.40. The highest BCUT2D eigenvalue weighted by molar-refractivity contribution is 5.91. The van der Waals surface area contributed by atoms with Crippen LogP contribution in [0.1, 0.15) is 73.5 Å². The standard InChI is InChI=1S/C22H31N5O.ClH/c28-21(20-16-27(26-25-20)19-10-14-23-15-11-19)24-17-22(12-6-1-2-7-13-22)18-8-4-3-5-9-18;/h3-5,8-9,16,19,23H,1-2,6-7,10-15,17H2,(H,24,28);1H. The number of nitrogens with one attached hydrogen (secondary N) is 2. The molecule has 1 saturated carbocycles. The first-order chi connectivity index (χ1) is 13.8. The summed E-state index contributed by atoms with van der Waals surface area (Å²) < 4.78 is 1.87. The number of amides is 1. The molecule has 29 heavy (non-hydrogen) atoms. The van der Waals surface area contributed by atoms with Gasteiger partial charge in [0.25, 0.3) is 5.91 Å². The van der Waals surface area contributed by atoms with Gasteiger partial charge in [-0.1, -0.05) is 61.2 Å². The van der Waals surface area contributed by atoms with Crippen molar-refractivity contribution in [1.29, 1.82) is 0 Å². The highest BCUT2D eigenvalue weighted by atomic mass is 35.5. The van der Waals surface area contributed by atoms with E-state index >= 15 is 0 Å². The number of nitrogens with zero attached hydrogens (tertiary/aromatic N) is 3. The molecule has 0 radical (unpaired) electrons. The van der Waals surface area contributed by atoms with Crippen molar-refractivity contribution in [3.05, 3.63) is 47.8 Å². The van der Waals surface area contributed by atoms with Crippen LogP contribution in [0.4, 0.5) is 0 Å². The minimum atomic E-state index is -0.111. The van der Waals surface area contributed by atoms with Crippen molar-refractivity contribution in [2.45, 2.75) is 62.8 Å². The molecule has 2 N–H and O–H groups in total. The zero-order valence-electron chi connectivity index (χ0n) is 17.0. The smallest absolute Gasteiger partial charge is 0.273 e. The van der Waals surface area contributed by atoms with Gasteiger partial charge in [-0.25, -0.2) is 4.68 Å². The molecule has 0 atom stereocenters. The van der Waals surface area contributed by atoms with Crippen LogP contribution >= 0.6 is 12.4 Å². The van der Waals surface area contributed by atoms with Crippen molar-refractivity contribution in [1.82, 2.24) is 25.6 Å². The van der Waals surface area contributed by atoms with Crippen molar-refractivity contribution in [3.63, 3.8) is 0 Å². The van der Waals surface area contributed by atoms with Crippen molar-refractivity contribution in [2.24, 2.45) is 0 Å². The van der Waals surface area contributed by atoms with Crippen LogP contribution in [0.15, 0.2) is 36.5 Å². The van der Waals surface area contributed by atoms with Gasteiger partial charge in [0.1, 0.15) is 0 Å². The van der Waals surface area contributed by atoms with E-state index in [1.807, 2.05) is 10.9 Å². The fourth-order valence-electron chi connectivity index (χ4n) is 4.74. The predicted molar refractivity (Wildman–Crippen MR) is 117 cm³/mol. The summed E-state index contributed by atoms with van der Waals surface area (Å²) in [6.45, 7) is 2.65. The summed E-state index contributed by atoms with van der Waals surface area (Å²) in [5.74, 6) is -0.111. The number of piperidine rings is 1. The number of hydrogen-bond acceptors (Lipinski definition) is 4. The first-order valence-corrected chi connectivity index (χ1v) is 10.7. The molecule has 0 bridgehead atoms. The number of hydrogen-bond donors (Lipinski definition) is 2. The third-order valence-corrected chi connectivity index (χ3v) is 6.46. The first-order valence-electron chi connectivity index (χ1n) is 10.7. The van der Waals surface area contributed by atoms with Gasteiger partial charge in [-0.2, -0.15) is 0 Å². The summed E-state index contributed by atoms with van der Waals surface area (Å²) in [4.78, 5) is 12.8. The third-order valence-electron chi connectivity index (χ3n) is 6.46. The molecule has 2 heterocycles. The van der Waals surface area contributed by atoms with Gasteiger partial charge in [-0.3, -0.25) is 4.79 Å². The molecule has 1 aromatic carbocycles. The summed E-state index contributed by atoms with van der Waals surface area (Å²) in [6, 6.07) is 11.0. The highest BCUT2D eigenvalue weighted by Gasteiger charge is 2.33. The van der Waals surface area contributed by atoms with Crippen LogP contribution in [0.2, 0.25) is 0 Å². The van der Waals surface area contributed by atoms with E-state index in [9.17, 15) is 4.79 Å². The van der Waals surface area contributed by atoms with Crippen LogP contribution in [0.5, 0.6) is 0 Å². The normalized spacial score (nSPS) is 19.7. The van der Waals surface area contributed by atoms with Gasteiger partial charge in [-0.05, 0) is 44.3 Å². The molecule has 1 aliphatic carbocycles. The maximum Gasteiger partial charge on any atom is 0.273 e. The van der Waals surface area contributed by atoms with E-state index < -0.39 is 0 Å². The lowest BCUT2D eigenvalue weighted by atomic mass is 9.74. The molecule has 0 spiro atoms. The van der Waals surface area contributed by atoms with Crippen LogP contribution in [0, 0.1) is 0 Å². The molecular formula is C22H32ClN5O. The Balaban J connectivity index is 0.00000240. The van der Waals surface area contributed by atoms with Gasteiger partial charge in [-0.15, -0.1) is 17.5 Å². The van der Waals surface area contributed by atoms with Crippen LogP contribution in [0.25, 0.3) is 0 Å². The molecule has 1 aromatic heterocycles. The van der Waals surface area contributed by atoms with E-state index in [4.69, 9.17) is 0 Å². The number of carbonyl (C=O) groups excluding carboxylic acids is 1. The summed E-state index contributed by atoms with van der Waals surface area (Å²) in [6.07, 6.45) is 11.1. The number of halogens is 1. The van der Waals surface area contributed by atoms with Crippen molar-refractivity contribution in [3.8, 4) is 0 Å². The Morgan fingerprint density at radius 1 is 1.10 bits per heavy atom. The molecule has 2 aliphatic rings. The van der Waals surface area contributed by atoms with E-state index in [1.54, 1.807) is 0 Å². The average Bonchev–Trinajstić information content (AvgIpc) is 3.13. The third kappa shape index (κ3) is 5.17. The second-order valence-electron chi connectivity index (χ2n) is 8.31. The Morgan fingerprint density at radius 2 is 1.79 bits per heavy atom. The molecule has 7 heteroatoms. The summed E-state index contributed by atoms with van der Waals surface area (Å²) in [7, 11) is 0. The lowest BCUT2D eigenvalue weighted by molar-refractivity contribution is 0.0935. The Hall–Kier alpha value is -1.92. The molecule has 1 amide bonds. The summed E-state index contributed by atoms with van der Waals surface area (Å²) in [5.41, 5.74) is 1.80. The van der Waals surface area contributed by atoms with Crippen LogP contribution in [-0.2, 0) is 5.41 Å². The second kappa shape index (κ2) is 10.2. The molecule has 1 saturated heterocycles. The summed E-state index contributed by atoms with van der Waals surface area (Å²) >= 11 is 0. The summed E-state index contributed by atoms with van der Waals surface area (Å²) in [5, 5.41) is 14.9. The molecule has 6 nitrogen and oxygen atoms in total. The predicted octanol–water partition coefficient (Wildman–Crippen LogP) is 3.65. The average molecular weight is 418 g/mol. The van der Waals surface area contributed by atoms with Crippen LogP contribution in [0.3, 0.4) is 0 Å². The molecule has 2 aromatic rings. The molecule has 0 unspecified atom stereocenters. The fourth-order valence-corrected chi connectivity index (χ4v) is 4.74. The largest absolute Gasteiger partial charge is 0.350 e. The minimum Gasteiger partial charge on any atom is -0.350 e. The Bertz CT molecular complexity index is 765. The Labute approximate surface area is 179 Å². The van der Waals surface area contributed by atoms with E-state index in [2.05, 4.69) is 51.3 Å². The van der Waals surface area contributed by atoms with E-state index in [0.29, 0.717) is 18.3 Å². The van der Waals surface area contributed by atoms with Crippen LogP contribution in [-0.4, -0.2) is 40.5 Å². The second-order valence-corrected chi connectivity index (χ2v) is 8.31. The number of aromatic nitrogens is 3. The molecule has 4 rings (SSSR count). The molecule has 1 aliphatic heterocycles. The first kappa shape index (κ1) is 21.8. The van der Waals surface area contributed by atoms with Gasteiger partial charge in [0, 0.05) is 12.0 Å². The van der Waals surface area contributed by atoms with Crippen LogP contribution < -0.4 is 10.6 Å². The SMILES string of the molecule is Cl.O=C(NCC1(c2ccccc2)CCCCCC1)c1cn(C2CCNCC2)nn1. The topological polar surface area (TPSA) is 71.8 Å². The van der Waals surface area contributed by atoms with Crippen molar-refractivity contribution in [2.75, 3.05) is 19.6 Å². The van der Waals surface area contributed by atoms with Gasteiger partial charge < -0.3 is 10.6 Å². The van der Waals surface area contributed by atoms with E-state index in [0.717, 1.165) is 38.8 Å². The quantitative estimate of drug-likeness (QED) is 0.728.